The van der Waals surface area contributed by atoms with E-state index in [2.05, 4.69) is 26.2 Å². The van der Waals surface area contributed by atoms with Gasteiger partial charge in [-0.05, 0) is 44.0 Å². The molecule has 0 aliphatic heterocycles. The highest BCUT2D eigenvalue weighted by molar-refractivity contribution is 9.10. The van der Waals surface area contributed by atoms with E-state index < -0.39 is 0 Å². The molecule has 2 aromatic rings. The number of rotatable bonds is 5. The molecule has 0 atom stereocenters. The van der Waals surface area contributed by atoms with Crippen molar-refractivity contribution >= 4 is 44.2 Å². The van der Waals surface area contributed by atoms with Gasteiger partial charge in [-0.2, -0.15) is 0 Å². The number of thiazole rings is 1. The van der Waals surface area contributed by atoms with Crippen molar-refractivity contribution < 1.29 is 9.59 Å². The molecule has 1 N–H and O–H groups in total. The van der Waals surface area contributed by atoms with Crippen LogP contribution >= 0.6 is 27.3 Å². The van der Waals surface area contributed by atoms with Crippen molar-refractivity contribution in [3.05, 3.63) is 45.4 Å². The molecule has 5 nitrogen and oxygen atoms in total. The fraction of sp³-hybridized carbons (Fsp3) is 0.421. The van der Waals surface area contributed by atoms with Crippen molar-refractivity contribution in [2.75, 3.05) is 11.9 Å². The number of carbonyl (C=O) groups excluding carboxylic acids is 2. The topological polar surface area (TPSA) is 62.3 Å². The molecular weight excluding hydrogens is 414 g/mol. The van der Waals surface area contributed by atoms with Crippen molar-refractivity contribution in [3.63, 3.8) is 0 Å². The van der Waals surface area contributed by atoms with Gasteiger partial charge in [-0.3, -0.25) is 9.59 Å². The maximum atomic E-state index is 13.1. The fourth-order valence-corrected chi connectivity index (χ4v) is 4.21. The summed E-state index contributed by atoms with van der Waals surface area (Å²) < 4.78 is 0.926. The first-order chi connectivity index (χ1) is 12.5. The van der Waals surface area contributed by atoms with Gasteiger partial charge < -0.3 is 10.2 Å². The third-order valence-corrected chi connectivity index (χ3v) is 5.95. The van der Waals surface area contributed by atoms with E-state index in [0.29, 0.717) is 10.7 Å². The molecule has 2 amide bonds. The van der Waals surface area contributed by atoms with Gasteiger partial charge in [0, 0.05) is 21.5 Å². The Labute approximate surface area is 165 Å². The highest BCUT2D eigenvalue weighted by atomic mass is 79.9. The minimum absolute atomic E-state index is 0.0538. The number of hydrogen-bond donors (Lipinski definition) is 1. The normalized spacial score (nSPS) is 14.8. The summed E-state index contributed by atoms with van der Waals surface area (Å²) in [6.07, 6.45) is 5.30. The molecule has 1 fully saturated rings. The zero-order valence-corrected chi connectivity index (χ0v) is 17.1. The van der Waals surface area contributed by atoms with E-state index >= 15 is 0 Å². The minimum atomic E-state index is -0.199. The standard InChI is InChI=1S/C19H22BrN3O2S/c1-13-12-26-19(21-13)22-17(24)11-23(16-5-3-2-4-6-16)18(25)14-7-9-15(20)10-8-14/h7-10,12,16H,2-6,11H2,1H3,(H,21,22,24). The number of benzene rings is 1. The predicted molar refractivity (Wildman–Crippen MR) is 108 cm³/mol. The van der Waals surface area contributed by atoms with Crippen molar-refractivity contribution in [1.82, 2.24) is 9.88 Å². The Balaban J connectivity index is 1.75. The third kappa shape index (κ3) is 4.92. The molecule has 138 valence electrons. The van der Waals surface area contributed by atoms with Crippen molar-refractivity contribution in [3.8, 4) is 0 Å². The molecule has 1 aliphatic carbocycles. The molecule has 26 heavy (non-hydrogen) atoms. The first-order valence-corrected chi connectivity index (χ1v) is 10.5. The summed E-state index contributed by atoms with van der Waals surface area (Å²) in [5.74, 6) is -0.287. The Hall–Kier alpha value is -1.73. The molecule has 1 aliphatic rings. The van der Waals surface area contributed by atoms with Crippen LogP contribution in [0.25, 0.3) is 0 Å². The van der Waals surface area contributed by atoms with Crippen LogP contribution in [0, 0.1) is 6.92 Å². The molecule has 7 heteroatoms. The Kier molecular flexibility index (Phi) is 6.43. The largest absolute Gasteiger partial charge is 0.326 e. The van der Waals surface area contributed by atoms with E-state index in [1.807, 2.05) is 24.4 Å². The summed E-state index contributed by atoms with van der Waals surface area (Å²) in [6, 6.07) is 7.41. The van der Waals surface area contributed by atoms with Crippen LogP contribution in [-0.2, 0) is 4.79 Å². The summed E-state index contributed by atoms with van der Waals surface area (Å²) in [5, 5.41) is 5.28. The molecule has 1 aromatic carbocycles. The number of amides is 2. The van der Waals surface area contributed by atoms with Crippen LogP contribution in [0.5, 0.6) is 0 Å². The third-order valence-electron chi connectivity index (χ3n) is 4.55. The molecule has 1 saturated carbocycles. The zero-order chi connectivity index (χ0) is 18.5. The summed E-state index contributed by atoms with van der Waals surface area (Å²) in [6.45, 7) is 1.94. The summed E-state index contributed by atoms with van der Waals surface area (Å²) in [7, 11) is 0. The molecule has 0 radical (unpaired) electrons. The van der Waals surface area contributed by atoms with Gasteiger partial charge in [0.2, 0.25) is 5.91 Å². The molecular formula is C19H22BrN3O2S. The lowest BCUT2D eigenvalue weighted by molar-refractivity contribution is -0.117. The second kappa shape index (κ2) is 8.77. The van der Waals surface area contributed by atoms with Crippen LogP contribution in [0.3, 0.4) is 0 Å². The number of anilines is 1. The molecule has 0 unspecified atom stereocenters. The van der Waals surface area contributed by atoms with Crippen molar-refractivity contribution in [2.45, 2.75) is 45.1 Å². The number of halogens is 1. The number of carbonyl (C=O) groups is 2. The van der Waals surface area contributed by atoms with Crippen LogP contribution in [0.15, 0.2) is 34.1 Å². The molecule has 1 heterocycles. The maximum absolute atomic E-state index is 13.1. The Morgan fingerprint density at radius 2 is 1.92 bits per heavy atom. The Morgan fingerprint density at radius 3 is 2.54 bits per heavy atom. The van der Waals surface area contributed by atoms with E-state index in [0.717, 1.165) is 35.8 Å². The van der Waals surface area contributed by atoms with E-state index in [4.69, 9.17) is 0 Å². The highest BCUT2D eigenvalue weighted by Crippen LogP contribution is 2.25. The second-order valence-corrected chi connectivity index (χ2v) is 8.35. The highest BCUT2D eigenvalue weighted by Gasteiger charge is 2.28. The summed E-state index contributed by atoms with van der Waals surface area (Å²) in [4.78, 5) is 31.6. The van der Waals surface area contributed by atoms with Gasteiger partial charge in [-0.25, -0.2) is 4.98 Å². The van der Waals surface area contributed by atoms with Crippen LogP contribution in [0.1, 0.15) is 48.2 Å². The van der Waals surface area contributed by atoms with Gasteiger partial charge in [-0.15, -0.1) is 11.3 Å². The molecule has 0 saturated heterocycles. The van der Waals surface area contributed by atoms with Gasteiger partial charge in [-0.1, -0.05) is 35.2 Å². The van der Waals surface area contributed by atoms with Crippen molar-refractivity contribution in [1.29, 1.82) is 0 Å². The molecule has 3 rings (SSSR count). The Morgan fingerprint density at radius 1 is 1.23 bits per heavy atom. The summed E-state index contributed by atoms with van der Waals surface area (Å²) >= 11 is 4.79. The maximum Gasteiger partial charge on any atom is 0.254 e. The average Bonchev–Trinajstić information content (AvgIpc) is 3.05. The predicted octanol–water partition coefficient (Wildman–Crippen LogP) is 4.63. The molecule has 0 spiro atoms. The quantitative estimate of drug-likeness (QED) is 0.744. The van der Waals surface area contributed by atoms with Gasteiger partial charge in [0.1, 0.15) is 6.54 Å². The number of aromatic nitrogens is 1. The first kappa shape index (κ1) is 19.0. The van der Waals surface area contributed by atoms with Gasteiger partial charge in [0.15, 0.2) is 5.13 Å². The van der Waals surface area contributed by atoms with Gasteiger partial charge in [0.25, 0.3) is 5.91 Å². The number of nitrogens with one attached hydrogen (secondary N) is 1. The summed E-state index contributed by atoms with van der Waals surface area (Å²) in [5.41, 5.74) is 1.48. The zero-order valence-electron chi connectivity index (χ0n) is 14.7. The van der Waals surface area contributed by atoms with Crippen LogP contribution in [0.4, 0.5) is 5.13 Å². The number of hydrogen-bond acceptors (Lipinski definition) is 4. The van der Waals surface area contributed by atoms with E-state index in [1.165, 1.54) is 17.8 Å². The Bertz CT molecular complexity index is 769. The fourth-order valence-electron chi connectivity index (χ4n) is 3.24. The van der Waals surface area contributed by atoms with Gasteiger partial charge >= 0.3 is 0 Å². The average molecular weight is 436 g/mol. The smallest absolute Gasteiger partial charge is 0.254 e. The number of aryl methyl sites for hydroxylation is 1. The van der Waals surface area contributed by atoms with Gasteiger partial charge in [0.05, 0.1) is 5.69 Å². The van der Waals surface area contributed by atoms with E-state index in [-0.39, 0.29) is 24.4 Å². The lowest BCUT2D eigenvalue weighted by Crippen LogP contribution is -2.45. The van der Waals surface area contributed by atoms with Crippen LogP contribution in [0.2, 0.25) is 0 Å². The lowest BCUT2D eigenvalue weighted by Gasteiger charge is -2.34. The molecule has 0 bridgehead atoms. The SMILES string of the molecule is Cc1csc(NC(=O)CN(C(=O)c2ccc(Br)cc2)C2CCCCC2)n1. The van der Waals surface area contributed by atoms with Crippen molar-refractivity contribution in [2.24, 2.45) is 0 Å². The lowest BCUT2D eigenvalue weighted by atomic mass is 9.93. The van der Waals surface area contributed by atoms with E-state index in [1.54, 1.807) is 17.0 Å². The minimum Gasteiger partial charge on any atom is -0.326 e. The monoisotopic (exact) mass is 435 g/mol. The van der Waals surface area contributed by atoms with E-state index in [9.17, 15) is 9.59 Å². The second-order valence-electron chi connectivity index (χ2n) is 6.57. The van der Waals surface area contributed by atoms with Crippen LogP contribution in [-0.4, -0.2) is 34.3 Å². The molecule has 1 aromatic heterocycles. The first-order valence-electron chi connectivity index (χ1n) is 8.81. The number of nitrogens with zero attached hydrogens (tertiary/aromatic N) is 2. The van der Waals surface area contributed by atoms with Crippen LogP contribution < -0.4 is 5.32 Å².